The van der Waals surface area contributed by atoms with Gasteiger partial charge >= 0.3 is 0 Å². The Balaban J connectivity index is 1.71. The number of nitrogens with one attached hydrogen (secondary N) is 1. The Morgan fingerprint density at radius 2 is 1.90 bits per heavy atom. The molecule has 0 bridgehead atoms. The molecule has 0 radical (unpaired) electrons. The zero-order chi connectivity index (χ0) is 13.9. The van der Waals surface area contributed by atoms with E-state index in [1.54, 1.807) is 6.07 Å². The quantitative estimate of drug-likeness (QED) is 0.894. The molecule has 0 spiro atoms. The number of halogens is 2. The molecule has 1 saturated carbocycles. The maximum atomic E-state index is 13.9. The molecule has 1 heterocycles. The molecule has 0 aromatic heterocycles. The summed E-state index contributed by atoms with van der Waals surface area (Å²) in [6.45, 7) is 2.48. The molecule has 0 amide bonds. The molecule has 2 aliphatic rings. The van der Waals surface area contributed by atoms with Gasteiger partial charge in [-0.15, -0.1) is 0 Å². The van der Waals surface area contributed by atoms with Crippen LogP contribution in [0.15, 0.2) is 18.2 Å². The smallest absolute Gasteiger partial charge is 0.149 e. The lowest BCUT2D eigenvalue weighted by atomic mass is 9.83. The summed E-state index contributed by atoms with van der Waals surface area (Å²) in [5.41, 5.74) is 0.536. The third-order valence-electron chi connectivity index (χ3n) is 4.67. The molecule has 1 unspecified atom stereocenters. The van der Waals surface area contributed by atoms with Crippen molar-refractivity contribution in [2.24, 2.45) is 5.92 Å². The molecule has 1 aromatic rings. The van der Waals surface area contributed by atoms with Crippen LogP contribution in [0.3, 0.4) is 0 Å². The van der Waals surface area contributed by atoms with Crippen molar-refractivity contribution in [3.63, 3.8) is 0 Å². The number of rotatable bonds is 2. The minimum atomic E-state index is -0.509. The van der Waals surface area contributed by atoms with Crippen LogP contribution in [0.25, 0.3) is 0 Å². The van der Waals surface area contributed by atoms with Crippen molar-refractivity contribution in [2.75, 3.05) is 24.5 Å². The van der Waals surface area contributed by atoms with E-state index in [4.69, 9.17) is 0 Å². The van der Waals surface area contributed by atoms with E-state index < -0.39 is 11.6 Å². The zero-order valence-corrected chi connectivity index (χ0v) is 11.7. The monoisotopic (exact) mass is 280 g/mol. The molecule has 3 rings (SSSR count). The van der Waals surface area contributed by atoms with Crippen LogP contribution in [0.5, 0.6) is 0 Å². The Hall–Kier alpha value is -1.16. The molecule has 20 heavy (non-hydrogen) atoms. The average molecular weight is 280 g/mol. The maximum absolute atomic E-state index is 13.9. The van der Waals surface area contributed by atoms with Gasteiger partial charge in [-0.05, 0) is 30.9 Å². The van der Waals surface area contributed by atoms with Crippen molar-refractivity contribution < 1.29 is 8.78 Å². The summed E-state index contributed by atoms with van der Waals surface area (Å²) in [5.74, 6) is -0.255. The third kappa shape index (κ3) is 2.95. The highest BCUT2D eigenvalue weighted by atomic mass is 19.1. The Bertz CT molecular complexity index is 458. The first-order valence-electron chi connectivity index (χ1n) is 7.67. The fourth-order valence-electron chi connectivity index (χ4n) is 3.59. The van der Waals surface area contributed by atoms with Crippen molar-refractivity contribution in [2.45, 2.75) is 38.1 Å². The lowest BCUT2D eigenvalue weighted by molar-refractivity contribution is 0.256. The van der Waals surface area contributed by atoms with Gasteiger partial charge in [0.1, 0.15) is 11.6 Å². The fourth-order valence-corrected chi connectivity index (χ4v) is 3.59. The highest BCUT2D eigenvalue weighted by Crippen LogP contribution is 2.29. The zero-order valence-electron chi connectivity index (χ0n) is 11.7. The van der Waals surface area contributed by atoms with Gasteiger partial charge in [0.25, 0.3) is 0 Å². The van der Waals surface area contributed by atoms with Crippen molar-refractivity contribution in [3.8, 4) is 0 Å². The van der Waals surface area contributed by atoms with Crippen LogP contribution < -0.4 is 10.2 Å². The number of anilines is 1. The van der Waals surface area contributed by atoms with Gasteiger partial charge in [0.2, 0.25) is 0 Å². The number of hydrogen-bond donors (Lipinski definition) is 1. The Morgan fingerprint density at radius 1 is 1.10 bits per heavy atom. The predicted octanol–water partition coefficient (Wildman–Crippen LogP) is 3.32. The first kappa shape index (κ1) is 13.8. The normalized spacial score (nSPS) is 24.9. The lowest BCUT2D eigenvalue weighted by Crippen LogP contribution is -2.54. The van der Waals surface area contributed by atoms with Crippen molar-refractivity contribution >= 4 is 5.69 Å². The molecule has 1 aliphatic carbocycles. The summed E-state index contributed by atoms with van der Waals surface area (Å²) in [7, 11) is 0. The van der Waals surface area contributed by atoms with E-state index in [2.05, 4.69) is 10.2 Å². The molecule has 1 atom stereocenters. The Kier molecular flexibility index (Phi) is 4.20. The van der Waals surface area contributed by atoms with E-state index in [-0.39, 0.29) is 0 Å². The Labute approximate surface area is 119 Å². The number of piperazine rings is 1. The lowest BCUT2D eigenvalue weighted by Gasteiger charge is -2.40. The standard InChI is InChI=1S/C16H22F2N2/c17-13-6-7-16(14(18)10-13)20-9-8-19-15(11-20)12-4-2-1-3-5-12/h6-7,10,12,15,19H,1-5,8-9,11H2. The van der Waals surface area contributed by atoms with Gasteiger partial charge in [0.15, 0.2) is 0 Å². The van der Waals surface area contributed by atoms with Crippen LogP contribution in [0, 0.1) is 17.6 Å². The summed E-state index contributed by atoms with van der Waals surface area (Å²) in [6, 6.07) is 4.32. The molecule has 2 nitrogen and oxygen atoms in total. The summed E-state index contributed by atoms with van der Waals surface area (Å²) in [4.78, 5) is 2.06. The van der Waals surface area contributed by atoms with Crippen molar-refractivity contribution in [1.29, 1.82) is 0 Å². The summed E-state index contributed by atoms with van der Waals surface area (Å²) in [6.07, 6.45) is 6.52. The topological polar surface area (TPSA) is 15.3 Å². The van der Waals surface area contributed by atoms with E-state index in [9.17, 15) is 8.78 Å². The van der Waals surface area contributed by atoms with E-state index in [1.165, 1.54) is 38.2 Å². The van der Waals surface area contributed by atoms with Gasteiger partial charge in [-0.25, -0.2) is 8.78 Å². The number of nitrogens with zero attached hydrogens (tertiary/aromatic N) is 1. The van der Waals surface area contributed by atoms with Crippen LogP contribution >= 0.6 is 0 Å². The molecule has 2 fully saturated rings. The summed E-state index contributed by atoms with van der Waals surface area (Å²) < 4.78 is 26.9. The molecule has 4 heteroatoms. The number of benzene rings is 1. The second-order valence-corrected chi connectivity index (χ2v) is 6.00. The Morgan fingerprint density at radius 3 is 2.65 bits per heavy atom. The highest BCUT2D eigenvalue weighted by molar-refractivity contribution is 5.48. The van der Waals surface area contributed by atoms with Gasteiger partial charge in [-0.3, -0.25) is 0 Å². The molecule has 1 aromatic carbocycles. The molecule has 1 N–H and O–H groups in total. The van der Waals surface area contributed by atoms with Gasteiger partial charge in [-0.1, -0.05) is 19.3 Å². The van der Waals surface area contributed by atoms with E-state index in [0.717, 1.165) is 25.7 Å². The maximum Gasteiger partial charge on any atom is 0.149 e. The fraction of sp³-hybridized carbons (Fsp3) is 0.625. The van der Waals surface area contributed by atoms with Crippen LogP contribution in [0.4, 0.5) is 14.5 Å². The van der Waals surface area contributed by atoms with E-state index in [1.807, 2.05) is 0 Å². The van der Waals surface area contributed by atoms with Crippen LogP contribution in [-0.4, -0.2) is 25.7 Å². The predicted molar refractivity (Wildman–Crippen MR) is 76.9 cm³/mol. The molecular formula is C16H22F2N2. The SMILES string of the molecule is Fc1ccc(N2CCNC(C3CCCCC3)C2)c(F)c1. The first-order valence-corrected chi connectivity index (χ1v) is 7.67. The van der Waals surface area contributed by atoms with Crippen molar-refractivity contribution in [1.82, 2.24) is 5.32 Å². The average Bonchev–Trinajstić information content (AvgIpc) is 2.48. The van der Waals surface area contributed by atoms with E-state index >= 15 is 0 Å². The van der Waals surface area contributed by atoms with Crippen LogP contribution in [-0.2, 0) is 0 Å². The second kappa shape index (κ2) is 6.08. The van der Waals surface area contributed by atoms with E-state index in [0.29, 0.717) is 17.6 Å². The van der Waals surface area contributed by atoms with Gasteiger partial charge in [0, 0.05) is 31.7 Å². The first-order chi connectivity index (χ1) is 9.74. The summed E-state index contributed by atoms with van der Waals surface area (Å²) in [5, 5.41) is 3.58. The van der Waals surface area contributed by atoms with Gasteiger partial charge in [-0.2, -0.15) is 0 Å². The molecule has 110 valence electrons. The molecule has 1 aliphatic heterocycles. The number of hydrogen-bond acceptors (Lipinski definition) is 2. The third-order valence-corrected chi connectivity index (χ3v) is 4.67. The minimum absolute atomic E-state index is 0.438. The largest absolute Gasteiger partial charge is 0.366 e. The van der Waals surface area contributed by atoms with Crippen LogP contribution in [0.2, 0.25) is 0 Å². The second-order valence-electron chi connectivity index (χ2n) is 6.00. The van der Waals surface area contributed by atoms with Crippen LogP contribution in [0.1, 0.15) is 32.1 Å². The highest BCUT2D eigenvalue weighted by Gasteiger charge is 2.28. The molecule has 1 saturated heterocycles. The minimum Gasteiger partial charge on any atom is -0.366 e. The van der Waals surface area contributed by atoms with Crippen molar-refractivity contribution in [3.05, 3.63) is 29.8 Å². The summed E-state index contributed by atoms with van der Waals surface area (Å²) >= 11 is 0. The van der Waals surface area contributed by atoms with Gasteiger partial charge < -0.3 is 10.2 Å². The molecular weight excluding hydrogens is 258 g/mol. The van der Waals surface area contributed by atoms with Gasteiger partial charge in [0.05, 0.1) is 5.69 Å².